The van der Waals surface area contributed by atoms with Crippen LogP contribution in [0.2, 0.25) is 0 Å². The van der Waals surface area contributed by atoms with E-state index in [4.69, 9.17) is 10.2 Å². The fourth-order valence-electron chi connectivity index (χ4n) is 2.06. The summed E-state index contributed by atoms with van der Waals surface area (Å²) in [7, 11) is 0. The van der Waals surface area contributed by atoms with E-state index in [1.165, 1.54) is 6.42 Å². The molecule has 26 heavy (non-hydrogen) atoms. The number of rotatable bonds is 6. The summed E-state index contributed by atoms with van der Waals surface area (Å²) in [6.45, 7) is 6.17. The molecule has 0 aliphatic rings. The molecule has 0 fully saturated rings. The number of aryl methyl sites for hydroxylation is 1. The molecule has 1 unspecified atom stereocenters. The molecular formula is C22H30O4. The zero-order valence-electron chi connectivity index (χ0n) is 15.9. The average Bonchev–Trinajstić information content (AvgIpc) is 2.62. The summed E-state index contributed by atoms with van der Waals surface area (Å²) in [6, 6.07) is 19.3. The van der Waals surface area contributed by atoms with E-state index < -0.39 is 11.9 Å². The first-order valence-corrected chi connectivity index (χ1v) is 8.93. The van der Waals surface area contributed by atoms with Crippen molar-refractivity contribution in [2.45, 2.75) is 52.4 Å². The van der Waals surface area contributed by atoms with Crippen molar-refractivity contribution in [3.05, 3.63) is 71.8 Å². The Morgan fingerprint density at radius 1 is 0.846 bits per heavy atom. The van der Waals surface area contributed by atoms with Gasteiger partial charge in [0.05, 0.1) is 6.42 Å². The second-order valence-corrected chi connectivity index (χ2v) is 6.00. The molecule has 2 aromatic rings. The third-order valence-electron chi connectivity index (χ3n) is 3.32. The molecule has 0 saturated heterocycles. The van der Waals surface area contributed by atoms with Gasteiger partial charge in [-0.15, -0.1) is 0 Å². The van der Waals surface area contributed by atoms with Gasteiger partial charge in [0.25, 0.3) is 0 Å². The fourth-order valence-corrected chi connectivity index (χ4v) is 2.06. The standard InChI is InChI=1S/C10H12O2.C9H10O2.C3H8/c1-8(7-10(11)12)9-5-3-2-4-6-9;10-9(11)7-6-8-4-2-1-3-5-8;1-3-2/h2-6,8H,7H2,1H3,(H,11,12);1-5H,6-7H2,(H,10,11);3H2,1-2H3. The van der Waals surface area contributed by atoms with Gasteiger partial charge in [-0.25, -0.2) is 0 Å². The highest BCUT2D eigenvalue weighted by molar-refractivity contribution is 5.68. The first-order valence-electron chi connectivity index (χ1n) is 8.93. The summed E-state index contributed by atoms with van der Waals surface area (Å²) in [4.78, 5) is 20.6. The van der Waals surface area contributed by atoms with E-state index in [-0.39, 0.29) is 18.8 Å². The molecule has 0 radical (unpaired) electrons. The molecule has 0 saturated carbocycles. The maximum absolute atomic E-state index is 10.4. The second kappa shape index (κ2) is 14.7. The molecule has 0 spiro atoms. The molecule has 142 valence electrons. The Labute approximate surface area is 156 Å². The average molecular weight is 358 g/mol. The van der Waals surface area contributed by atoms with Gasteiger partial charge >= 0.3 is 11.9 Å². The van der Waals surface area contributed by atoms with E-state index in [1.807, 2.05) is 67.6 Å². The van der Waals surface area contributed by atoms with Crippen LogP contribution in [0.25, 0.3) is 0 Å². The molecule has 2 rings (SSSR count). The Kier molecular flexibility index (Phi) is 13.2. The Hall–Kier alpha value is -2.62. The van der Waals surface area contributed by atoms with Crippen molar-refractivity contribution in [2.24, 2.45) is 0 Å². The minimum Gasteiger partial charge on any atom is -0.481 e. The van der Waals surface area contributed by atoms with Gasteiger partial charge < -0.3 is 10.2 Å². The second-order valence-electron chi connectivity index (χ2n) is 6.00. The normalized spacial score (nSPS) is 10.4. The largest absolute Gasteiger partial charge is 0.481 e. The molecule has 0 aliphatic heterocycles. The van der Waals surface area contributed by atoms with E-state index in [0.717, 1.165) is 11.1 Å². The zero-order chi connectivity index (χ0) is 19.8. The highest BCUT2D eigenvalue weighted by Crippen LogP contribution is 2.17. The van der Waals surface area contributed by atoms with Crippen LogP contribution < -0.4 is 0 Å². The third-order valence-corrected chi connectivity index (χ3v) is 3.32. The Bertz CT molecular complexity index is 609. The quantitative estimate of drug-likeness (QED) is 0.726. The molecule has 0 bridgehead atoms. The maximum Gasteiger partial charge on any atom is 0.303 e. The number of carboxylic acids is 2. The lowest BCUT2D eigenvalue weighted by molar-refractivity contribution is -0.138. The minimum atomic E-state index is -0.744. The number of hydrogen-bond donors (Lipinski definition) is 2. The lowest BCUT2D eigenvalue weighted by atomic mass is 9.98. The van der Waals surface area contributed by atoms with Gasteiger partial charge in [0.15, 0.2) is 0 Å². The molecular weight excluding hydrogens is 328 g/mol. The van der Waals surface area contributed by atoms with Gasteiger partial charge in [-0.3, -0.25) is 9.59 Å². The van der Waals surface area contributed by atoms with Crippen LogP contribution in [0.5, 0.6) is 0 Å². The third kappa shape index (κ3) is 12.8. The molecule has 0 amide bonds. The fraction of sp³-hybridized carbons (Fsp3) is 0.364. The van der Waals surface area contributed by atoms with Gasteiger partial charge in [0, 0.05) is 6.42 Å². The Balaban J connectivity index is 0.000000419. The molecule has 0 aliphatic carbocycles. The first-order chi connectivity index (χ1) is 12.4. The molecule has 4 heteroatoms. The van der Waals surface area contributed by atoms with E-state index in [2.05, 4.69) is 13.8 Å². The summed E-state index contributed by atoms with van der Waals surface area (Å²) in [5, 5.41) is 16.9. The van der Waals surface area contributed by atoms with Crippen LogP contribution >= 0.6 is 0 Å². The van der Waals surface area contributed by atoms with Crippen LogP contribution in [0.4, 0.5) is 0 Å². The Morgan fingerprint density at radius 3 is 1.73 bits per heavy atom. The predicted octanol–water partition coefficient (Wildman–Crippen LogP) is 5.38. The highest BCUT2D eigenvalue weighted by atomic mass is 16.4. The van der Waals surface area contributed by atoms with Gasteiger partial charge in [-0.05, 0) is 23.5 Å². The van der Waals surface area contributed by atoms with E-state index >= 15 is 0 Å². The van der Waals surface area contributed by atoms with Crippen LogP contribution in [0.15, 0.2) is 60.7 Å². The van der Waals surface area contributed by atoms with Crippen LogP contribution in [-0.2, 0) is 16.0 Å². The number of carboxylic acid groups (broad SMARTS) is 2. The zero-order valence-corrected chi connectivity index (χ0v) is 15.9. The monoisotopic (exact) mass is 358 g/mol. The summed E-state index contributed by atoms with van der Waals surface area (Å²) < 4.78 is 0. The number of aliphatic carboxylic acids is 2. The SMILES string of the molecule is CC(CC(=O)O)c1ccccc1.CCC.O=C(O)CCc1ccccc1. The summed E-state index contributed by atoms with van der Waals surface area (Å²) >= 11 is 0. The molecule has 2 aromatic carbocycles. The topological polar surface area (TPSA) is 74.6 Å². The lowest BCUT2D eigenvalue weighted by Crippen LogP contribution is -2.02. The van der Waals surface area contributed by atoms with Crippen molar-refractivity contribution in [1.29, 1.82) is 0 Å². The molecule has 2 N–H and O–H groups in total. The van der Waals surface area contributed by atoms with Crippen molar-refractivity contribution in [2.75, 3.05) is 0 Å². The van der Waals surface area contributed by atoms with Crippen LogP contribution in [0, 0.1) is 0 Å². The molecule has 4 nitrogen and oxygen atoms in total. The number of hydrogen-bond acceptors (Lipinski definition) is 2. The summed E-state index contributed by atoms with van der Waals surface area (Å²) in [5.41, 5.74) is 2.16. The van der Waals surface area contributed by atoms with E-state index in [1.54, 1.807) is 0 Å². The first kappa shape index (κ1) is 23.4. The summed E-state index contributed by atoms with van der Waals surface area (Å²) in [6.07, 6.45) is 2.28. The van der Waals surface area contributed by atoms with Gasteiger partial charge in [0.1, 0.15) is 0 Å². The molecule has 0 heterocycles. The highest BCUT2D eigenvalue weighted by Gasteiger charge is 2.08. The Morgan fingerprint density at radius 2 is 1.31 bits per heavy atom. The lowest BCUT2D eigenvalue weighted by Gasteiger charge is -2.07. The van der Waals surface area contributed by atoms with Gasteiger partial charge in [-0.1, -0.05) is 87.9 Å². The van der Waals surface area contributed by atoms with Crippen molar-refractivity contribution in [3.63, 3.8) is 0 Å². The van der Waals surface area contributed by atoms with Crippen molar-refractivity contribution in [1.82, 2.24) is 0 Å². The van der Waals surface area contributed by atoms with Crippen molar-refractivity contribution < 1.29 is 19.8 Å². The molecule has 1 atom stereocenters. The van der Waals surface area contributed by atoms with E-state index in [9.17, 15) is 9.59 Å². The number of benzene rings is 2. The number of carbonyl (C=O) groups is 2. The summed E-state index contributed by atoms with van der Waals surface area (Å²) in [5.74, 6) is -1.39. The maximum atomic E-state index is 10.4. The van der Waals surface area contributed by atoms with Crippen LogP contribution in [0.1, 0.15) is 57.1 Å². The van der Waals surface area contributed by atoms with Gasteiger partial charge in [-0.2, -0.15) is 0 Å². The predicted molar refractivity (Wildman–Crippen MR) is 105 cm³/mol. The van der Waals surface area contributed by atoms with Crippen molar-refractivity contribution in [3.8, 4) is 0 Å². The molecule has 0 aromatic heterocycles. The van der Waals surface area contributed by atoms with E-state index in [0.29, 0.717) is 6.42 Å². The smallest absolute Gasteiger partial charge is 0.303 e. The van der Waals surface area contributed by atoms with Crippen LogP contribution in [-0.4, -0.2) is 22.2 Å². The minimum absolute atomic E-state index is 0.101. The van der Waals surface area contributed by atoms with Gasteiger partial charge in [0.2, 0.25) is 0 Å². The van der Waals surface area contributed by atoms with Crippen LogP contribution in [0.3, 0.4) is 0 Å². The van der Waals surface area contributed by atoms with Crippen molar-refractivity contribution >= 4 is 11.9 Å².